The molecule has 178 valence electrons. The van der Waals surface area contributed by atoms with Gasteiger partial charge in [0.15, 0.2) is 0 Å². The molecule has 5 rings (SSSR count). The second-order valence-electron chi connectivity index (χ2n) is 11.1. The molecule has 0 heterocycles. The van der Waals surface area contributed by atoms with Crippen LogP contribution in [-0.4, -0.2) is 10.2 Å². The van der Waals surface area contributed by atoms with Crippen LogP contribution < -0.4 is 0 Å². The minimum atomic E-state index is -0.509. The summed E-state index contributed by atoms with van der Waals surface area (Å²) in [6.07, 6.45) is 2.84. The van der Waals surface area contributed by atoms with Crippen molar-refractivity contribution in [3.05, 3.63) is 108 Å². The van der Waals surface area contributed by atoms with E-state index in [1.54, 1.807) is 0 Å². The lowest BCUT2D eigenvalue weighted by molar-refractivity contribution is 0.123. The average molecular weight is 463 g/mol. The Bertz CT molecular complexity index is 1230. The Hall–Kier alpha value is -3.52. The Kier molecular flexibility index (Phi) is 5.92. The normalized spacial score (nSPS) is 18.8. The van der Waals surface area contributed by atoms with Crippen LogP contribution in [0, 0.1) is 11.3 Å². The van der Waals surface area contributed by atoms with Gasteiger partial charge in [0, 0.05) is 27.7 Å². The Morgan fingerprint density at radius 1 is 0.600 bits per heavy atom. The molecule has 1 atom stereocenters. The first-order chi connectivity index (χ1) is 16.8. The van der Waals surface area contributed by atoms with Gasteiger partial charge in [0.1, 0.15) is 11.5 Å². The van der Waals surface area contributed by atoms with Gasteiger partial charge in [0.05, 0.1) is 0 Å². The zero-order valence-corrected chi connectivity index (χ0v) is 20.8. The molecule has 4 aromatic carbocycles. The van der Waals surface area contributed by atoms with Gasteiger partial charge >= 0.3 is 0 Å². The van der Waals surface area contributed by atoms with E-state index in [2.05, 4.69) is 32.9 Å². The van der Waals surface area contributed by atoms with Crippen LogP contribution >= 0.6 is 0 Å². The fourth-order valence-corrected chi connectivity index (χ4v) is 6.69. The highest BCUT2D eigenvalue weighted by atomic mass is 16.3. The molecule has 0 aliphatic heterocycles. The summed E-state index contributed by atoms with van der Waals surface area (Å²) in [7, 11) is 0. The first kappa shape index (κ1) is 23.2. The van der Waals surface area contributed by atoms with Crippen LogP contribution in [0.2, 0.25) is 0 Å². The van der Waals surface area contributed by atoms with Crippen molar-refractivity contribution in [1.82, 2.24) is 0 Å². The van der Waals surface area contributed by atoms with Crippen molar-refractivity contribution >= 4 is 0 Å². The fourth-order valence-electron chi connectivity index (χ4n) is 6.69. The number of phenols is 2. The van der Waals surface area contributed by atoms with Crippen LogP contribution in [0.25, 0.3) is 22.3 Å². The van der Waals surface area contributed by atoms with E-state index in [0.717, 1.165) is 52.6 Å². The topological polar surface area (TPSA) is 40.5 Å². The number of benzene rings is 4. The average Bonchev–Trinajstić information content (AvgIpc) is 2.84. The molecule has 2 heteroatoms. The summed E-state index contributed by atoms with van der Waals surface area (Å²) in [5, 5.41) is 23.5. The highest BCUT2D eigenvalue weighted by Gasteiger charge is 2.48. The van der Waals surface area contributed by atoms with Crippen LogP contribution in [0.15, 0.2) is 97.1 Å². The van der Waals surface area contributed by atoms with Gasteiger partial charge in [-0.05, 0) is 41.7 Å². The minimum Gasteiger partial charge on any atom is -0.507 e. The minimum absolute atomic E-state index is 0.0576. The lowest BCUT2D eigenvalue weighted by Gasteiger charge is -2.49. The Morgan fingerprint density at radius 2 is 1.06 bits per heavy atom. The van der Waals surface area contributed by atoms with Crippen molar-refractivity contribution in [3.63, 3.8) is 0 Å². The van der Waals surface area contributed by atoms with Crippen molar-refractivity contribution in [1.29, 1.82) is 0 Å². The van der Waals surface area contributed by atoms with Gasteiger partial charge in [-0.1, -0.05) is 118 Å². The SMILES string of the molecule is CC1CC(C)(C)CC(c2cccc(-c3ccccc3)c2O)(c2cccc(-c3ccccc3)c2O)C1. The van der Waals surface area contributed by atoms with Crippen LogP contribution in [0.5, 0.6) is 11.5 Å². The Morgan fingerprint density at radius 3 is 1.49 bits per heavy atom. The Balaban J connectivity index is 1.77. The molecule has 0 radical (unpaired) electrons. The molecule has 0 bridgehead atoms. The smallest absolute Gasteiger partial charge is 0.127 e. The summed E-state index contributed by atoms with van der Waals surface area (Å²) in [5.41, 5.74) is 5.00. The van der Waals surface area contributed by atoms with Gasteiger partial charge in [-0.25, -0.2) is 0 Å². The number of hydrogen-bond donors (Lipinski definition) is 2. The van der Waals surface area contributed by atoms with Crippen molar-refractivity contribution < 1.29 is 10.2 Å². The lowest BCUT2D eigenvalue weighted by Crippen LogP contribution is -2.41. The monoisotopic (exact) mass is 462 g/mol. The van der Waals surface area contributed by atoms with E-state index >= 15 is 0 Å². The van der Waals surface area contributed by atoms with Gasteiger partial charge in [0.25, 0.3) is 0 Å². The van der Waals surface area contributed by atoms with Gasteiger partial charge in [-0.15, -0.1) is 0 Å². The Labute approximate surface area is 208 Å². The summed E-state index contributed by atoms with van der Waals surface area (Å²) >= 11 is 0. The molecule has 0 saturated heterocycles. The molecular weight excluding hydrogens is 428 g/mol. The zero-order chi connectivity index (χ0) is 24.6. The molecule has 0 amide bonds. The summed E-state index contributed by atoms with van der Waals surface area (Å²) in [4.78, 5) is 0. The molecule has 1 aliphatic rings. The summed E-state index contributed by atoms with van der Waals surface area (Å²) < 4.78 is 0. The van der Waals surface area contributed by atoms with E-state index in [1.165, 1.54) is 0 Å². The van der Waals surface area contributed by atoms with E-state index in [1.807, 2.05) is 84.9 Å². The van der Waals surface area contributed by atoms with Gasteiger partial charge in [-0.2, -0.15) is 0 Å². The number of hydrogen-bond acceptors (Lipinski definition) is 2. The molecule has 35 heavy (non-hydrogen) atoms. The molecule has 2 N–H and O–H groups in total. The van der Waals surface area contributed by atoms with Crippen LogP contribution in [0.1, 0.15) is 51.2 Å². The van der Waals surface area contributed by atoms with Crippen LogP contribution in [-0.2, 0) is 5.41 Å². The third kappa shape index (κ3) is 4.23. The molecule has 1 saturated carbocycles. The maximum absolute atomic E-state index is 11.8. The number of aromatic hydroxyl groups is 2. The molecule has 1 unspecified atom stereocenters. The first-order valence-corrected chi connectivity index (χ1v) is 12.6. The van der Waals surface area contributed by atoms with Crippen LogP contribution in [0.3, 0.4) is 0 Å². The first-order valence-electron chi connectivity index (χ1n) is 12.6. The summed E-state index contributed by atoms with van der Waals surface area (Å²) in [6, 6.07) is 32.3. The number of rotatable bonds is 4. The fraction of sp³-hybridized carbons (Fsp3) is 0.273. The van der Waals surface area contributed by atoms with Crippen molar-refractivity contribution in [2.24, 2.45) is 11.3 Å². The van der Waals surface area contributed by atoms with Crippen LogP contribution in [0.4, 0.5) is 0 Å². The van der Waals surface area contributed by atoms with Crippen molar-refractivity contribution in [2.45, 2.75) is 45.4 Å². The summed E-state index contributed by atoms with van der Waals surface area (Å²) in [6.45, 7) is 6.92. The van der Waals surface area contributed by atoms with Gasteiger partial charge in [0.2, 0.25) is 0 Å². The predicted octanol–water partition coefficient (Wildman–Crippen LogP) is 8.56. The van der Waals surface area contributed by atoms with E-state index in [0.29, 0.717) is 17.4 Å². The number of para-hydroxylation sites is 2. The molecule has 2 nitrogen and oxygen atoms in total. The van der Waals surface area contributed by atoms with Gasteiger partial charge < -0.3 is 10.2 Å². The quantitative estimate of drug-likeness (QED) is 0.319. The third-order valence-corrected chi connectivity index (χ3v) is 7.65. The van der Waals surface area contributed by atoms with E-state index in [4.69, 9.17) is 0 Å². The van der Waals surface area contributed by atoms with Crippen molar-refractivity contribution in [3.8, 4) is 33.8 Å². The lowest BCUT2D eigenvalue weighted by atomic mass is 9.55. The largest absolute Gasteiger partial charge is 0.507 e. The molecule has 4 aromatic rings. The third-order valence-electron chi connectivity index (χ3n) is 7.65. The zero-order valence-electron chi connectivity index (χ0n) is 20.8. The second-order valence-corrected chi connectivity index (χ2v) is 11.1. The maximum atomic E-state index is 11.8. The summed E-state index contributed by atoms with van der Waals surface area (Å²) in [5.74, 6) is 1.07. The number of phenolic OH excluding ortho intramolecular Hbond substituents is 2. The standard InChI is InChI=1S/C33H34O2/c1-23-20-32(2,3)22-33(21-23,28-18-10-16-26(30(28)34)24-12-6-4-7-13-24)29-19-11-17-27(31(29)35)25-14-8-5-9-15-25/h4-19,23,34-35H,20-22H2,1-3H3. The van der Waals surface area contributed by atoms with E-state index in [-0.39, 0.29) is 5.41 Å². The van der Waals surface area contributed by atoms with Gasteiger partial charge in [-0.3, -0.25) is 0 Å². The molecule has 0 aromatic heterocycles. The molecule has 1 fully saturated rings. The molecule has 0 spiro atoms. The van der Waals surface area contributed by atoms with E-state index < -0.39 is 5.41 Å². The molecular formula is C33H34O2. The molecule has 1 aliphatic carbocycles. The highest BCUT2D eigenvalue weighted by molar-refractivity contribution is 5.76. The second kappa shape index (κ2) is 8.92. The highest BCUT2D eigenvalue weighted by Crippen LogP contribution is 2.58. The maximum Gasteiger partial charge on any atom is 0.127 e. The van der Waals surface area contributed by atoms with Crippen molar-refractivity contribution in [2.75, 3.05) is 0 Å². The predicted molar refractivity (Wildman–Crippen MR) is 145 cm³/mol. The van der Waals surface area contributed by atoms with E-state index in [9.17, 15) is 10.2 Å².